The monoisotopic (exact) mass is 485 g/mol. The zero-order valence-electron chi connectivity index (χ0n) is 17.9. The molecule has 4 rings (SSSR count). The molecule has 1 aromatic heterocycles. The molecule has 31 heavy (non-hydrogen) atoms. The number of aliphatic hydroxyl groups excluding tert-OH is 1. The fourth-order valence-electron chi connectivity index (χ4n) is 4.14. The molecule has 0 spiro atoms. The molecule has 2 unspecified atom stereocenters. The molecule has 3 aromatic rings. The van der Waals surface area contributed by atoms with Crippen molar-refractivity contribution in [3.63, 3.8) is 0 Å². The molecule has 1 N–H and O–H groups in total. The van der Waals surface area contributed by atoms with Gasteiger partial charge in [-0.1, -0.05) is 22.9 Å². The summed E-state index contributed by atoms with van der Waals surface area (Å²) in [5.41, 5.74) is 2.93. The first-order chi connectivity index (χ1) is 15.0. The molecule has 1 saturated heterocycles. The Morgan fingerprint density at radius 1 is 0.935 bits per heavy atom. The molecule has 164 valence electrons. The lowest BCUT2D eigenvalue weighted by Gasteiger charge is -2.37. The quantitative estimate of drug-likeness (QED) is 0.578. The number of hydrogen-bond donors (Lipinski definition) is 1. The van der Waals surface area contributed by atoms with Crippen LogP contribution in [0.1, 0.15) is 26.3 Å². The van der Waals surface area contributed by atoms with Gasteiger partial charge in [-0.3, -0.25) is 0 Å². The summed E-state index contributed by atoms with van der Waals surface area (Å²) >= 11 is 3.49. The van der Waals surface area contributed by atoms with Gasteiger partial charge in [0.15, 0.2) is 0 Å². The molecule has 0 saturated carbocycles. The number of piperazine rings is 1. The molecule has 2 atom stereocenters. The Balaban J connectivity index is 1.44. The third-order valence-electron chi connectivity index (χ3n) is 5.95. The van der Waals surface area contributed by atoms with Gasteiger partial charge in [0.25, 0.3) is 0 Å². The smallest absolute Gasteiger partial charge is 0.350 e. The Hall–Kier alpha value is -2.58. The van der Waals surface area contributed by atoms with Gasteiger partial charge in [-0.25, -0.2) is 14.0 Å². The summed E-state index contributed by atoms with van der Waals surface area (Å²) in [5.74, 6) is 0. The summed E-state index contributed by atoms with van der Waals surface area (Å²) in [7, 11) is 0. The molecule has 2 heterocycles. The second-order valence-electron chi connectivity index (χ2n) is 7.91. The van der Waals surface area contributed by atoms with Crippen molar-refractivity contribution < 1.29 is 5.11 Å². The number of halogens is 1. The third kappa shape index (κ3) is 4.55. The number of benzene rings is 2. The maximum Gasteiger partial charge on any atom is 0.350 e. The summed E-state index contributed by atoms with van der Waals surface area (Å²) in [6.07, 6.45) is 1.53. The van der Waals surface area contributed by atoms with E-state index in [0.717, 1.165) is 42.0 Å². The van der Waals surface area contributed by atoms with Gasteiger partial charge >= 0.3 is 5.69 Å². The Kier molecular flexibility index (Phi) is 6.48. The standard InChI is InChI=1S/C23H28BrN5O2/c1-3-22(17(2)30)29-23(31)28(16-25-29)21-10-8-20(9-11-21)27-14-12-26(13-15-27)19-6-4-18(24)5-7-19/h4-11,16-17,22,30H,3,12-15H2,1-2H3. The van der Waals surface area contributed by atoms with Crippen LogP contribution in [0, 0.1) is 0 Å². The van der Waals surface area contributed by atoms with Gasteiger partial charge in [-0.05, 0) is 61.9 Å². The lowest BCUT2D eigenvalue weighted by molar-refractivity contribution is 0.118. The van der Waals surface area contributed by atoms with Crippen LogP contribution >= 0.6 is 15.9 Å². The summed E-state index contributed by atoms with van der Waals surface area (Å²) in [5, 5.41) is 14.2. The van der Waals surface area contributed by atoms with Crippen LogP contribution in [0.5, 0.6) is 0 Å². The van der Waals surface area contributed by atoms with Gasteiger partial charge in [0, 0.05) is 42.0 Å². The van der Waals surface area contributed by atoms with Crippen LogP contribution < -0.4 is 15.5 Å². The van der Waals surface area contributed by atoms with Crippen molar-refractivity contribution in [1.82, 2.24) is 14.3 Å². The third-order valence-corrected chi connectivity index (χ3v) is 6.48. The van der Waals surface area contributed by atoms with E-state index in [4.69, 9.17) is 0 Å². The van der Waals surface area contributed by atoms with Crippen molar-refractivity contribution in [3.8, 4) is 5.69 Å². The molecule has 0 aliphatic carbocycles. The fraction of sp³-hybridized carbons (Fsp3) is 0.391. The predicted octanol–water partition coefficient (Wildman–Crippen LogP) is 3.46. The molecular formula is C23H28BrN5O2. The van der Waals surface area contributed by atoms with Crippen molar-refractivity contribution in [2.24, 2.45) is 0 Å². The number of aromatic nitrogens is 3. The first-order valence-corrected chi connectivity index (χ1v) is 11.5. The Morgan fingerprint density at radius 3 is 1.90 bits per heavy atom. The molecule has 0 bridgehead atoms. The lowest BCUT2D eigenvalue weighted by Crippen LogP contribution is -2.46. The topological polar surface area (TPSA) is 66.5 Å². The number of aliphatic hydroxyl groups is 1. The van der Waals surface area contributed by atoms with E-state index < -0.39 is 6.10 Å². The summed E-state index contributed by atoms with van der Waals surface area (Å²) in [4.78, 5) is 17.6. The Morgan fingerprint density at radius 2 is 1.42 bits per heavy atom. The van der Waals surface area contributed by atoms with E-state index in [2.05, 4.69) is 67.2 Å². The molecule has 7 nitrogen and oxygen atoms in total. The molecule has 1 fully saturated rings. The van der Waals surface area contributed by atoms with Gasteiger partial charge in [0.05, 0.1) is 17.8 Å². The predicted molar refractivity (Wildman–Crippen MR) is 127 cm³/mol. The molecule has 8 heteroatoms. The van der Waals surface area contributed by atoms with Crippen LogP contribution in [0.2, 0.25) is 0 Å². The minimum atomic E-state index is -0.635. The van der Waals surface area contributed by atoms with Crippen molar-refractivity contribution in [3.05, 3.63) is 69.8 Å². The van der Waals surface area contributed by atoms with Gasteiger partial charge < -0.3 is 14.9 Å². The highest BCUT2D eigenvalue weighted by Crippen LogP contribution is 2.23. The van der Waals surface area contributed by atoms with Gasteiger partial charge in [-0.2, -0.15) is 5.10 Å². The highest BCUT2D eigenvalue weighted by atomic mass is 79.9. The second-order valence-corrected chi connectivity index (χ2v) is 8.83. The van der Waals surface area contributed by atoms with E-state index >= 15 is 0 Å². The number of rotatable bonds is 6. The second kappa shape index (κ2) is 9.28. The minimum Gasteiger partial charge on any atom is -0.391 e. The summed E-state index contributed by atoms with van der Waals surface area (Å²) in [6.45, 7) is 7.44. The van der Waals surface area contributed by atoms with Crippen LogP contribution in [0.3, 0.4) is 0 Å². The molecular weight excluding hydrogens is 458 g/mol. The van der Waals surface area contributed by atoms with Crippen LogP contribution in [-0.2, 0) is 0 Å². The fourth-order valence-corrected chi connectivity index (χ4v) is 4.40. The van der Waals surface area contributed by atoms with Gasteiger partial charge in [-0.15, -0.1) is 0 Å². The minimum absolute atomic E-state index is 0.233. The average Bonchev–Trinajstić information content (AvgIpc) is 3.16. The van der Waals surface area contributed by atoms with E-state index in [9.17, 15) is 9.90 Å². The van der Waals surface area contributed by atoms with Crippen LogP contribution in [0.25, 0.3) is 5.69 Å². The van der Waals surface area contributed by atoms with Gasteiger partial charge in [0.1, 0.15) is 6.33 Å². The van der Waals surface area contributed by atoms with E-state index in [1.165, 1.54) is 21.3 Å². The van der Waals surface area contributed by atoms with E-state index in [1.54, 1.807) is 6.92 Å². The normalized spacial score (nSPS) is 16.4. The number of anilines is 2. The maximum atomic E-state index is 12.8. The van der Waals surface area contributed by atoms with E-state index in [1.807, 2.05) is 19.1 Å². The van der Waals surface area contributed by atoms with Crippen LogP contribution in [0.4, 0.5) is 11.4 Å². The zero-order chi connectivity index (χ0) is 22.0. The van der Waals surface area contributed by atoms with Crippen molar-refractivity contribution in [2.45, 2.75) is 32.4 Å². The van der Waals surface area contributed by atoms with Crippen molar-refractivity contribution in [1.29, 1.82) is 0 Å². The van der Waals surface area contributed by atoms with Crippen LogP contribution in [-0.4, -0.2) is 51.7 Å². The zero-order valence-corrected chi connectivity index (χ0v) is 19.4. The molecule has 0 amide bonds. The Bertz CT molecular complexity index is 1050. The average molecular weight is 486 g/mol. The lowest BCUT2D eigenvalue weighted by atomic mass is 10.1. The molecule has 1 aliphatic heterocycles. The number of hydrogen-bond acceptors (Lipinski definition) is 5. The van der Waals surface area contributed by atoms with Gasteiger partial charge in [0.2, 0.25) is 0 Å². The molecule has 2 aromatic carbocycles. The highest BCUT2D eigenvalue weighted by molar-refractivity contribution is 9.10. The van der Waals surface area contributed by atoms with Crippen molar-refractivity contribution >= 4 is 27.3 Å². The van der Waals surface area contributed by atoms with Crippen molar-refractivity contribution in [2.75, 3.05) is 36.0 Å². The summed E-state index contributed by atoms with van der Waals surface area (Å²) < 4.78 is 4.00. The first kappa shape index (κ1) is 21.6. The molecule has 1 aliphatic rings. The summed E-state index contributed by atoms with van der Waals surface area (Å²) in [6, 6.07) is 16.1. The first-order valence-electron chi connectivity index (χ1n) is 10.7. The molecule has 0 radical (unpaired) electrons. The largest absolute Gasteiger partial charge is 0.391 e. The SMILES string of the molecule is CCC(C(C)O)n1ncn(-c2ccc(N3CCN(c4ccc(Br)cc4)CC3)cc2)c1=O. The van der Waals surface area contributed by atoms with Crippen LogP contribution in [0.15, 0.2) is 64.1 Å². The maximum absolute atomic E-state index is 12.8. The van der Waals surface area contributed by atoms with E-state index in [0.29, 0.717) is 6.42 Å². The van der Waals surface area contributed by atoms with E-state index in [-0.39, 0.29) is 11.7 Å². The highest BCUT2D eigenvalue weighted by Gasteiger charge is 2.21. The Labute approximate surface area is 190 Å². The number of nitrogens with zero attached hydrogens (tertiary/aromatic N) is 5.